The standard InChI is InChI=1S/C39H46N3O9P/c1-5-42(6-2)37(43)27-49-38(44)22-23-40-39(45)36(24-29-18-20-31(21-19-29)30-12-8-7-9-13-30)41-28-52(46,50-34-16-10-14-32(25-34)47-3)51-35-17-11-15-33(26-35)48-4/h7-21,25-26,36,41H,5-6,22-24,27-28H2,1-4H3,(H,40,45)/t36-/m0/s1. The lowest BCUT2D eigenvalue weighted by molar-refractivity contribution is -0.151. The highest BCUT2D eigenvalue weighted by molar-refractivity contribution is 7.54. The van der Waals surface area contributed by atoms with Crippen molar-refractivity contribution in [2.75, 3.05) is 46.7 Å². The molecular weight excluding hydrogens is 685 g/mol. The lowest BCUT2D eigenvalue weighted by atomic mass is 10.0. The smallest absolute Gasteiger partial charge is 0.444 e. The van der Waals surface area contributed by atoms with E-state index in [1.165, 1.54) is 14.2 Å². The molecular formula is C39H46N3O9P. The molecule has 0 fully saturated rings. The molecule has 1 atom stereocenters. The number of esters is 1. The van der Waals surface area contributed by atoms with Crippen LogP contribution < -0.4 is 29.2 Å². The van der Waals surface area contributed by atoms with Crippen molar-refractivity contribution in [1.29, 1.82) is 0 Å². The molecule has 0 aliphatic heterocycles. The van der Waals surface area contributed by atoms with Crippen molar-refractivity contribution in [3.8, 4) is 34.1 Å². The highest BCUT2D eigenvalue weighted by Crippen LogP contribution is 2.48. The molecule has 0 saturated carbocycles. The van der Waals surface area contributed by atoms with Crippen LogP contribution in [0.2, 0.25) is 0 Å². The quantitative estimate of drug-likeness (QED) is 0.0810. The summed E-state index contributed by atoms with van der Waals surface area (Å²) < 4.78 is 42.1. The highest BCUT2D eigenvalue weighted by atomic mass is 31.2. The maximum Gasteiger partial charge on any atom is 0.444 e. The first-order valence-electron chi connectivity index (χ1n) is 17.0. The van der Waals surface area contributed by atoms with Crippen LogP contribution in [0.15, 0.2) is 103 Å². The molecule has 276 valence electrons. The van der Waals surface area contributed by atoms with Gasteiger partial charge < -0.3 is 33.5 Å². The molecule has 2 amide bonds. The number of likely N-dealkylation sites (N-methyl/N-ethyl adjacent to an activating group) is 1. The molecule has 0 spiro atoms. The first-order valence-corrected chi connectivity index (χ1v) is 18.7. The van der Waals surface area contributed by atoms with Gasteiger partial charge in [0.25, 0.3) is 5.91 Å². The maximum atomic E-state index is 14.4. The van der Waals surface area contributed by atoms with Gasteiger partial charge in [-0.25, -0.2) is 4.57 Å². The molecule has 4 aromatic rings. The third-order valence-electron chi connectivity index (χ3n) is 8.02. The Morgan fingerprint density at radius 2 is 1.29 bits per heavy atom. The minimum Gasteiger partial charge on any atom is -0.497 e. The normalized spacial score (nSPS) is 11.5. The third-order valence-corrected chi connectivity index (χ3v) is 9.57. The number of hydrogen-bond donors (Lipinski definition) is 2. The molecule has 0 aliphatic carbocycles. The summed E-state index contributed by atoms with van der Waals surface area (Å²) in [7, 11) is -1.04. The summed E-state index contributed by atoms with van der Waals surface area (Å²) >= 11 is 0. The van der Waals surface area contributed by atoms with Crippen LogP contribution in [0.5, 0.6) is 23.0 Å². The summed E-state index contributed by atoms with van der Waals surface area (Å²) in [6.07, 6.45) is -0.300. The number of methoxy groups -OCH3 is 2. The van der Waals surface area contributed by atoms with Gasteiger partial charge in [-0.3, -0.25) is 19.7 Å². The Hall–Kier alpha value is -5.32. The minimum atomic E-state index is -4.06. The van der Waals surface area contributed by atoms with Gasteiger partial charge in [0, 0.05) is 31.8 Å². The van der Waals surface area contributed by atoms with Gasteiger partial charge in [-0.2, -0.15) is 0 Å². The van der Waals surface area contributed by atoms with Crippen molar-refractivity contribution in [1.82, 2.24) is 15.5 Å². The van der Waals surface area contributed by atoms with Gasteiger partial charge in [0.2, 0.25) is 5.91 Å². The predicted molar refractivity (Wildman–Crippen MR) is 199 cm³/mol. The Balaban J connectivity index is 1.51. The van der Waals surface area contributed by atoms with Crippen LogP contribution >= 0.6 is 7.60 Å². The largest absolute Gasteiger partial charge is 0.497 e. The Kier molecular flexibility index (Phi) is 15.1. The molecule has 0 aliphatic rings. The second-order valence-electron chi connectivity index (χ2n) is 11.6. The van der Waals surface area contributed by atoms with Gasteiger partial charge in [-0.05, 0) is 61.2 Å². The summed E-state index contributed by atoms with van der Waals surface area (Å²) in [6, 6.07) is 30.0. The van der Waals surface area contributed by atoms with Crippen molar-refractivity contribution in [3.05, 3.63) is 109 Å². The summed E-state index contributed by atoms with van der Waals surface area (Å²) in [5, 5.41) is 5.87. The molecule has 0 bridgehead atoms. The van der Waals surface area contributed by atoms with E-state index in [4.69, 9.17) is 23.3 Å². The molecule has 13 heteroatoms. The number of amides is 2. The van der Waals surface area contributed by atoms with Gasteiger partial charge >= 0.3 is 13.6 Å². The van der Waals surface area contributed by atoms with E-state index in [1.807, 2.05) is 68.4 Å². The number of rotatable bonds is 20. The summed E-state index contributed by atoms with van der Waals surface area (Å²) in [5.74, 6) is 0.0988. The van der Waals surface area contributed by atoms with Crippen molar-refractivity contribution >= 4 is 25.4 Å². The third kappa shape index (κ3) is 12.2. The fourth-order valence-electron chi connectivity index (χ4n) is 5.19. The van der Waals surface area contributed by atoms with E-state index in [2.05, 4.69) is 10.6 Å². The Labute approximate surface area is 304 Å². The highest BCUT2D eigenvalue weighted by Gasteiger charge is 2.32. The van der Waals surface area contributed by atoms with E-state index < -0.39 is 25.5 Å². The van der Waals surface area contributed by atoms with Crippen LogP contribution in [-0.2, 0) is 30.1 Å². The molecule has 0 heterocycles. The van der Waals surface area contributed by atoms with Crippen LogP contribution in [0, 0.1) is 0 Å². The van der Waals surface area contributed by atoms with Crippen LogP contribution in [0.1, 0.15) is 25.8 Å². The van der Waals surface area contributed by atoms with Crippen molar-refractivity contribution in [3.63, 3.8) is 0 Å². The van der Waals surface area contributed by atoms with Gasteiger partial charge in [0.05, 0.1) is 26.7 Å². The lowest BCUT2D eigenvalue weighted by Crippen LogP contribution is -2.46. The second-order valence-corrected chi connectivity index (χ2v) is 13.5. The monoisotopic (exact) mass is 731 g/mol. The molecule has 0 unspecified atom stereocenters. The van der Waals surface area contributed by atoms with E-state index in [-0.39, 0.29) is 49.7 Å². The fraction of sp³-hybridized carbons (Fsp3) is 0.308. The predicted octanol–water partition coefficient (Wildman–Crippen LogP) is 6.10. The first kappa shape index (κ1) is 39.5. The van der Waals surface area contributed by atoms with Gasteiger partial charge in [-0.1, -0.05) is 66.7 Å². The molecule has 12 nitrogen and oxygen atoms in total. The Morgan fingerprint density at radius 3 is 1.85 bits per heavy atom. The average molecular weight is 732 g/mol. The molecule has 0 aromatic heterocycles. The van der Waals surface area contributed by atoms with E-state index in [9.17, 15) is 18.9 Å². The van der Waals surface area contributed by atoms with Crippen molar-refractivity contribution in [2.45, 2.75) is 32.7 Å². The van der Waals surface area contributed by atoms with Gasteiger partial charge in [0.1, 0.15) is 29.3 Å². The van der Waals surface area contributed by atoms with Crippen LogP contribution in [0.25, 0.3) is 11.1 Å². The number of nitrogens with zero attached hydrogens (tertiary/aromatic N) is 1. The number of ether oxygens (including phenoxy) is 3. The lowest BCUT2D eigenvalue weighted by Gasteiger charge is -2.24. The van der Waals surface area contributed by atoms with Crippen LogP contribution in [0.4, 0.5) is 0 Å². The fourth-order valence-corrected chi connectivity index (χ4v) is 6.67. The zero-order chi connectivity index (χ0) is 37.3. The first-order chi connectivity index (χ1) is 25.1. The molecule has 0 radical (unpaired) electrons. The molecule has 2 N–H and O–H groups in total. The Morgan fingerprint density at radius 1 is 0.731 bits per heavy atom. The SMILES string of the molecule is CCN(CC)C(=O)COC(=O)CCNC(=O)[C@H](Cc1ccc(-c2ccccc2)cc1)NCP(=O)(Oc1cccc(OC)c1)Oc1cccc(OC)c1. The summed E-state index contributed by atoms with van der Waals surface area (Å²) in [5.41, 5.74) is 2.90. The number of nitrogens with one attached hydrogen (secondary N) is 2. The summed E-state index contributed by atoms with van der Waals surface area (Å²) in [6.45, 7) is 4.29. The average Bonchev–Trinajstić information content (AvgIpc) is 3.16. The molecule has 52 heavy (non-hydrogen) atoms. The van der Waals surface area contributed by atoms with Gasteiger partial charge in [0.15, 0.2) is 6.61 Å². The topological polar surface area (TPSA) is 142 Å². The molecule has 0 saturated heterocycles. The van der Waals surface area contributed by atoms with E-state index in [0.717, 1.165) is 16.7 Å². The Bertz CT molecular complexity index is 1750. The van der Waals surface area contributed by atoms with Crippen molar-refractivity contribution in [2.24, 2.45) is 0 Å². The van der Waals surface area contributed by atoms with E-state index in [1.54, 1.807) is 53.4 Å². The van der Waals surface area contributed by atoms with Crippen molar-refractivity contribution < 1.29 is 42.2 Å². The van der Waals surface area contributed by atoms with Crippen LogP contribution in [-0.4, -0.2) is 75.5 Å². The minimum absolute atomic E-state index is 0.0411. The zero-order valence-corrected chi connectivity index (χ0v) is 30.8. The number of carbonyl (C=O) groups is 3. The zero-order valence-electron chi connectivity index (χ0n) is 29.9. The van der Waals surface area contributed by atoms with E-state index in [0.29, 0.717) is 24.6 Å². The van der Waals surface area contributed by atoms with E-state index >= 15 is 0 Å². The van der Waals surface area contributed by atoms with Gasteiger partial charge in [-0.15, -0.1) is 0 Å². The number of hydrogen-bond acceptors (Lipinski definition) is 10. The number of benzene rings is 4. The number of carbonyl (C=O) groups excluding carboxylic acids is 3. The maximum absolute atomic E-state index is 14.4. The summed E-state index contributed by atoms with van der Waals surface area (Å²) in [4.78, 5) is 39.8. The second kappa shape index (κ2) is 19.9. The molecule has 4 rings (SSSR count). The molecule has 4 aromatic carbocycles. The van der Waals surface area contributed by atoms with Crippen LogP contribution in [0.3, 0.4) is 0 Å².